The molecule has 2 aromatic carbocycles. The predicted molar refractivity (Wildman–Crippen MR) is 104 cm³/mol. The van der Waals surface area contributed by atoms with Gasteiger partial charge in [0.15, 0.2) is 0 Å². The van der Waals surface area contributed by atoms with Crippen LogP contribution in [0.15, 0.2) is 36.4 Å². The van der Waals surface area contributed by atoms with E-state index < -0.39 is 0 Å². The molecule has 0 fully saturated rings. The van der Waals surface area contributed by atoms with Gasteiger partial charge in [0, 0.05) is 23.5 Å². The fraction of sp³-hybridized carbons (Fsp3) is 0.222. The average molecular weight is 380 g/mol. The van der Waals surface area contributed by atoms with Gasteiger partial charge in [0.05, 0.1) is 16.6 Å². The molecule has 0 aliphatic rings. The summed E-state index contributed by atoms with van der Waals surface area (Å²) in [6, 6.07) is 10.4. The smallest absolute Gasteiger partial charge is 0.243 e. The van der Waals surface area contributed by atoms with Crippen LogP contribution < -0.4 is 16.0 Å². The van der Waals surface area contributed by atoms with Crippen molar-refractivity contribution in [1.82, 2.24) is 0 Å². The second-order valence-electron chi connectivity index (χ2n) is 5.41. The van der Waals surface area contributed by atoms with Crippen LogP contribution in [0.5, 0.6) is 0 Å². The molecule has 3 N–H and O–H groups in total. The van der Waals surface area contributed by atoms with E-state index in [4.69, 9.17) is 23.2 Å². The highest BCUT2D eigenvalue weighted by atomic mass is 35.5. The third-order valence-electron chi connectivity index (χ3n) is 3.57. The molecule has 2 rings (SSSR count). The van der Waals surface area contributed by atoms with E-state index >= 15 is 0 Å². The van der Waals surface area contributed by atoms with Crippen molar-refractivity contribution in [2.75, 3.05) is 22.5 Å². The molecule has 0 saturated carbocycles. The van der Waals surface area contributed by atoms with Gasteiger partial charge >= 0.3 is 0 Å². The summed E-state index contributed by atoms with van der Waals surface area (Å²) in [7, 11) is 0. The molecule has 2 amide bonds. The van der Waals surface area contributed by atoms with Crippen molar-refractivity contribution in [2.45, 2.75) is 20.3 Å². The maximum absolute atomic E-state index is 12.1. The van der Waals surface area contributed by atoms with Crippen LogP contribution in [0.4, 0.5) is 17.1 Å². The van der Waals surface area contributed by atoms with Crippen molar-refractivity contribution in [3.05, 3.63) is 52.0 Å². The van der Waals surface area contributed by atoms with Crippen molar-refractivity contribution in [1.29, 1.82) is 0 Å². The summed E-state index contributed by atoms with van der Waals surface area (Å²) >= 11 is 11.8. The lowest BCUT2D eigenvalue weighted by atomic mass is 10.1. The molecule has 0 unspecified atom stereocenters. The average Bonchev–Trinajstić information content (AvgIpc) is 2.58. The zero-order valence-electron chi connectivity index (χ0n) is 14.0. The number of halogens is 2. The van der Waals surface area contributed by atoms with Gasteiger partial charge in [-0.25, -0.2) is 0 Å². The molecule has 0 heterocycles. The summed E-state index contributed by atoms with van der Waals surface area (Å²) in [5.41, 5.74) is 2.94. The van der Waals surface area contributed by atoms with E-state index in [2.05, 4.69) is 16.0 Å². The van der Waals surface area contributed by atoms with E-state index in [-0.39, 0.29) is 18.4 Å². The zero-order valence-corrected chi connectivity index (χ0v) is 15.5. The zero-order chi connectivity index (χ0) is 18.4. The quantitative estimate of drug-likeness (QED) is 0.680. The molecule has 0 aliphatic heterocycles. The minimum absolute atomic E-state index is 0.0578. The minimum Gasteiger partial charge on any atom is -0.376 e. The van der Waals surface area contributed by atoms with Crippen molar-refractivity contribution >= 4 is 52.1 Å². The number of nitrogens with one attached hydrogen (secondary N) is 3. The highest BCUT2D eigenvalue weighted by molar-refractivity contribution is 6.42. The van der Waals surface area contributed by atoms with Crippen molar-refractivity contribution in [3.8, 4) is 0 Å². The Bertz CT molecular complexity index is 794. The molecule has 0 aliphatic carbocycles. The Morgan fingerprint density at radius 2 is 1.68 bits per heavy atom. The molecule has 25 heavy (non-hydrogen) atoms. The lowest BCUT2D eigenvalue weighted by Crippen LogP contribution is -2.22. The first-order chi connectivity index (χ1) is 11.9. The lowest BCUT2D eigenvalue weighted by Gasteiger charge is -2.14. The Morgan fingerprint density at radius 1 is 0.960 bits per heavy atom. The van der Waals surface area contributed by atoms with Gasteiger partial charge in [-0.3, -0.25) is 9.59 Å². The normalized spacial score (nSPS) is 10.2. The van der Waals surface area contributed by atoms with Crippen LogP contribution in [-0.4, -0.2) is 18.4 Å². The first kappa shape index (κ1) is 19.1. The van der Waals surface area contributed by atoms with Gasteiger partial charge in [-0.05, 0) is 42.8 Å². The number of hydrogen-bond donors (Lipinski definition) is 3. The molecule has 0 atom stereocenters. The van der Waals surface area contributed by atoms with Crippen molar-refractivity contribution in [2.24, 2.45) is 0 Å². The van der Waals surface area contributed by atoms with Crippen LogP contribution in [0.3, 0.4) is 0 Å². The molecule has 5 nitrogen and oxygen atoms in total. The SMILES string of the molecule is CCC(=O)Nc1cccc(NCC(=O)Nc2ccc(Cl)c(Cl)c2)c1C. The predicted octanol–water partition coefficient (Wildman–Crippen LogP) is 4.70. The first-order valence-electron chi connectivity index (χ1n) is 7.79. The number of anilines is 3. The highest BCUT2D eigenvalue weighted by Gasteiger charge is 2.09. The van der Waals surface area contributed by atoms with E-state index in [1.54, 1.807) is 25.1 Å². The van der Waals surface area contributed by atoms with E-state index in [1.807, 2.05) is 25.1 Å². The summed E-state index contributed by atoms with van der Waals surface area (Å²) in [6.07, 6.45) is 0.406. The Hall–Kier alpha value is -2.24. The van der Waals surface area contributed by atoms with Gasteiger partial charge in [0.2, 0.25) is 11.8 Å². The van der Waals surface area contributed by atoms with E-state index in [9.17, 15) is 9.59 Å². The number of amides is 2. The summed E-state index contributed by atoms with van der Waals surface area (Å²) in [4.78, 5) is 23.6. The Labute approximate surface area is 156 Å². The largest absolute Gasteiger partial charge is 0.376 e. The Morgan fingerprint density at radius 3 is 2.36 bits per heavy atom. The van der Waals surface area contributed by atoms with Crippen LogP contribution >= 0.6 is 23.2 Å². The second-order valence-corrected chi connectivity index (χ2v) is 6.22. The Kier molecular flexibility index (Phi) is 6.67. The number of hydrogen-bond acceptors (Lipinski definition) is 3. The molecule has 2 aromatic rings. The topological polar surface area (TPSA) is 70.2 Å². The minimum atomic E-state index is -0.221. The molecule has 0 spiro atoms. The van der Waals surface area contributed by atoms with Gasteiger partial charge in [0.25, 0.3) is 0 Å². The molecule has 0 aromatic heterocycles. The molecule has 132 valence electrons. The molecule has 0 radical (unpaired) electrons. The summed E-state index contributed by atoms with van der Waals surface area (Å²) in [6.45, 7) is 3.75. The monoisotopic (exact) mass is 379 g/mol. The third kappa shape index (κ3) is 5.37. The molecular formula is C18H19Cl2N3O2. The summed E-state index contributed by atoms with van der Waals surface area (Å²) < 4.78 is 0. The van der Waals surface area contributed by atoms with Crippen LogP contribution in [0, 0.1) is 6.92 Å². The summed E-state index contributed by atoms with van der Waals surface area (Å²) in [5, 5.41) is 9.45. The van der Waals surface area contributed by atoms with E-state index in [0.717, 1.165) is 16.9 Å². The lowest BCUT2D eigenvalue weighted by molar-refractivity contribution is -0.116. The maximum atomic E-state index is 12.1. The van der Waals surface area contributed by atoms with Crippen molar-refractivity contribution < 1.29 is 9.59 Å². The number of carbonyl (C=O) groups is 2. The molecule has 0 bridgehead atoms. The van der Waals surface area contributed by atoms with Crippen LogP contribution in [0.25, 0.3) is 0 Å². The van der Waals surface area contributed by atoms with Crippen LogP contribution in [0.1, 0.15) is 18.9 Å². The highest BCUT2D eigenvalue weighted by Crippen LogP contribution is 2.25. The summed E-state index contributed by atoms with van der Waals surface area (Å²) in [5.74, 6) is -0.279. The maximum Gasteiger partial charge on any atom is 0.243 e. The van der Waals surface area contributed by atoms with Crippen molar-refractivity contribution in [3.63, 3.8) is 0 Å². The van der Waals surface area contributed by atoms with Crippen LogP contribution in [0.2, 0.25) is 10.0 Å². The van der Waals surface area contributed by atoms with Gasteiger partial charge in [-0.1, -0.05) is 36.2 Å². The fourth-order valence-corrected chi connectivity index (χ4v) is 2.45. The molecule has 0 saturated heterocycles. The molecule has 7 heteroatoms. The van der Waals surface area contributed by atoms with Gasteiger partial charge in [-0.15, -0.1) is 0 Å². The van der Waals surface area contributed by atoms with Gasteiger partial charge in [0.1, 0.15) is 0 Å². The second kappa shape index (κ2) is 8.74. The number of carbonyl (C=O) groups excluding carboxylic acids is 2. The Balaban J connectivity index is 1.98. The third-order valence-corrected chi connectivity index (χ3v) is 4.31. The van der Waals surface area contributed by atoms with Gasteiger partial charge in [-0.2, -0.15) is 0 Å². The number of rotatable bonds is 6. The van der Waals surface area contributed by atoms with E-state index in [1.165, 1.54) is 0 Å². The number of benzene rings is 2. The van der Waals surface area contributed by atoms with Gasteiger partial charge < -0.3 is 16.0 Å². The fourth-order valence-electron chi connectivity index (χ4n) is 2.16. The molecular weight excluding hydrogens is 361 g/mol. The van der Waals surface area contributed by atoms with Crippen LogP contribution in [-0.2, 0) is 9.59 Å². The first-order valence-corrected chi connectivity index (χ1v) is 8.54. The van der Waals surface area contributed by atoms with E-state index in [0.29, 0.717) is 22.2 Å². The standard InChI is InChI=1S/C18H19Cl2N3O2/c1-3-17(24)23-16-6-4-5-15(11(16)2)21-10-18(25)22-12-7-8-13(19)14(20)9-12/h4-9,21H,3,10H2,1-2H3,(H,22,25)(H,23,24).